The minimum Gasteiger partial charge on any atom is -0.377 e. The third-order valence-electron chi connectivity index (χ3n) is 4.58. The second-order valence-corrected chi connectivity index (χ2v) is 6.60. The number of nitrogens with zero attached hydrogens (tertiary/aromatic N) is 2. The molecule has 0 bridgehead atoms. The average Bonchev–Trinajstić information content (AvgIpc) is 2.59. The van der Waals surface area contributed by atoms with Gasteiger partial charge in [0.05, 0.1) is 19.3 Å². The lowest BCUT2D eigenvalue weighted by molar-refractivity contribution is -0.141. The van der Waals surface area contributed by atoms with Gasteiger partial charge in [0, 0.05) is 37.3 Å². The quantitative estimate of drug-likeness (QED) is 0.732. The molecule has 0 aromatic carbocycles. The van der Waals surface area contributed by atoms with Crippen molar-refractivity contribution in [1.82, 2.24) is 20.2 Å². The van der Waals surface area contributed by atoms with Crippen LogP contribution in [0.4, 0.5) is 0 Å². The summed E-state index contributed by atoms with van der Waals surface area (Å²) in [5, 5.41) is 2.84. The predicted octanol–water partition coefficient (Wildman–Crippen LogP) is 0.463. The molecular weight excluding hydrogens is 336 g/mol. The number of ether oxygens (including phenoxy) is 1. The molecule has 8 heteroatoms. The Morgan fingerprint density at radius 1 is 1.38 bits per heavy atom. The first-order chi connectivity index (χ1) is 12.4. The molecule has 1 aromatic heterocycles. The molecule has 1 aliphatic heterocycles. The lowest BCUT2D eigenvalue weighted by atomic mass is 10.0. The fourth-order valence-electron chi connectivity index (χ4n) is 3.20. The van der Waals surface area contributed by atoms with Gasteiger partial charge in [-0.15, -0.1) is 0 Å². The van der Waals surface area contributed by atoms with E-state index in [1.807, 2.05) is 13.8 Å². The Morgan fingerprint density at radius 2 is 2.15 bits per heavy atom. The molecule has 2 amide bonds. The van der Waals surface area contributed by atoms with Crippen LogP contribution in [0, 0.1) is 13.8 Å². The zero-order chi connectivity index (χ0) is 19.1. The Hall–Kier alpha value is -2.22. The highest BCUT2D eigenvalue weighted by atomic mass is 16.5. The van der Waals surface area contributed by atoms with Gasteiger partial charge in [0.1, 0.15) is 0 Å². The van der Waals surface area contributed by atoms with E-state index in [1.54, 1.807) is 11.8 Å². The number of aromatic nitrogens is 2. The number of carbonyl (C=O) groups is 2. The van der Waals surface area contributed by atoms with Crippen molar-refractivity contribution in [2.45, 2.75) is 52.5 Å². The Bertz CT molecular complexity index is 675. The third kappa shape index (κ3) is 5.39. The molecule has 2 heterocycles. The molecule has 144 valence electrons. The number of H-pyrrole nitrogens is 1. The Kier molecular flexibility index (Phi) is 7.32. The van der Waals surface area contributed by atoms with Crippen LogP contribution in [0.15, 0.2) is 4.79 Å². The summed E-state index contributed by atoms with van der Waals surface area (Å²) in [4.78, 5) is 44.4. The normalized spacial score (nSPS) is 17.2. The fourth-order valence-corrected chi connectivity index (χ4v) is 3.20. The molecule has 0 aliphatic carbocycles. The van der Waals surface area contributed by atoms with Gasteiger partial charge in [-0.05, 0) is 32.3 Å². The Morgan fingerprint density at radius 3 is 2.85 bits per heavy atom. The number of hydrogen-bond donors (Lipinski definition) is 2. The molecule has 0 saturated carbocycles. The zero-order valence-electron chi connectivity index (χ0n) is 15.8. The van der Waals surface area contributed by atoms with Crippen molar-refractivity contribution in [3.63, 3.8) is 0 Å². The van der Waals surface area contributed by atoms with Crippen LogP contribution in [0.5, 0.6) is 0 Å². The molecule has 1 aromatic rings. The molecule has 1 atom stereocenters. The van der Waals surface area contributed by atoms with E-state index in [2.05, 4.69) is 15.3 Å². The van der Waals surface area contributed by atoms with E-state index < -0.39 is 0 Å². The van der Waals surface area contributed by atoms with Crippen molar-refractivity contribution in [3.05, 3.63) is 27.4 Å². The predicted molar refractivity (Wildman–Crippen MR) is 96.9 cm³/mol. The topological polar surface area (TPSA) is 104 Å². The van der Waals surface area contributed by atoms with Crippen LogP contribution in [0.2, 0.25) is 0 Å². The van der Waals surface area contributed by atoms with Gasteiger partial charge in [-0.3, -0.25) is 9.59 Å². The number of nitrogens with one attached hydrogen (secondary N) is 2. The maximum Gasteiger partial charge on any atom is 0.345 e. The van der Waals surface area contributed by atoms with Gasteiger partial charge in [0.15, 0.2) is 0 Å². The number of carbonyl (C=O) groups excluding carboxylic acids is 2. The van der Waals surface area contributed by atoms with Gasteiger partial charge in [-0.2, -0.15) is 4.98 Å². The van der Waals surface area contributed by atoms with Crippen molar-refractivity contribution >= 4 is 11.8 Å². The van der Waals surface area contributed by atoms with Gasteiger partial charge in [0.25, 0.3) is 0 Å². The van der Waals surface area contributed by atoms with Crippen LogP contribution in [-0.2, 0) is 20.7 Å². The van der Waals surface area contributed by atoms with Crippen LogP contribution in [0.1, 0.15) is 43.1 Å². The highest BCUT2D eigenvalue weighted by molar-refractivity contribution is 5.80. The van der Waals surface area contributed by atoms with Gasteiger partial charge >= 0.3 is 5.69 Å². The van der Waals surface area contributed by atoms with Crippen LogP contribution < -0.4 is 11.0 Å². The molecule has 1 aliphatic rings. The molecule has 0 radical (unpaired) electrons. The first kappa shape index (κ1) is 20.1. The number of rotatable bonds is 7. The molecule has 26 heavy (non-hydrogen) atoms. The van der Waals surface area contributed by atoms with Crippen LogP contribution in [0.25, 0.3) is 0 Å². The number of aromatic amines is 1. The number of aryl methyl sites for hydroxylation is 2. The standard InChI is InChI=1S/C18H28N4O4/c1-4-7-19-16(23)10-14-11-26-9-8-22(14)17(24)6-5-15-12(2)20-18(25)21-13(15)3/h14H,4-11H2,1-3H3,(H,19,23)(H,20,21,25)/t14-/m1/s1. The SMILES string of the molecule is CCCNC(=O)C[C@@H]1COCCN1C(=O)CCc1c(C)nc(=O)[nH]c1C. The van der Waals surface area contributed by atoms with Crippen molar-refractivity contribution in [2.75, 3.05) is 26.3 Å². The van der Waals surface area contributed by atoms with E-state index in [9.17, 15) is 14.4 Å². The summed E-state index contributed by atoms with van der Waals surface area (Å²) in [6.07, 6.45) is 1.94. The van der Waals surface area contributed by atoms with Gasteiger partial charge < -0.3 is 19.9 Å². The van der Waals surface area contributed by atoms with Crippen molar-refractivity contribution in [2.24, 2.45) is 0 Å². The second kappa shape index (κ2) is 9.47. The number of amides is 2. The molecule has 1 fully saturated rings. The van der Waals surface area contributed by atoms with E-state index >= 15 is 0 Å². The number of morpholine rings is 1. The molecule has 1 saturated heterocycles. The van der Waals surface area contributed by atoms with Crippen molar-refractivity contribution in [1.29, 1.82) is 0 Å². The van der Waals surface area contributed by atoms with Crippen molar-refractivity contribution in [3.8, 4) is 0 Å². The van der Waals surface area contributed by atoms with Gasteiger partial charge in [-0.25, -0.2) is 4.79 Å². The lowest BCUT2D eigenvalue weighted by Crippen LogP contribution is -2.50. The minimum atomic E-state index is -0.374. The summed E-state index contributed by atoms with van der Waals surface area (Å²) in [5.41, 5.74) is 1.91. The average molecular weight is 364 g/mol. The maximum absolute atomic E-state index is 12.7. The van der Waals surface area contributed by atoms with Crippen LogP contribution in [-0.4, -0.2) is 59.0 Å². The largest absolute Gasteiger partial charge is 0.377 e. The van der Waals surface area contributed by atoms with E-state index in [4.69, 9.17) is 4.74 Å². The molecule has 2 N–H and O–H groups in total. The molecule has 0 spiro atoms. The summed E-state index contributed by atoms with van der Waals surface area (Å²) < 4.78 is 5.46. The summed E-state index contributed by atoms with van der Waals surface area (Å²) in [6.45, 7) is 7.57. The van der Waals surface area contributed by atoms with Gasteiger partial charge in [-0.1, -0.05) is 6.92 Å². The summed E-state index contributed by atoms with van der Waals surface area (Å²) >= 11 is 0. The van der Waals surface area contributed by atoms with E-state index in [0.717, 1.165) is 17.7 Å². The zero-order valence-corrected chi connectivity index (χ0v) is 15.8. The molecular formula is C18H28N4O4. The third-order valence-corrected chi connectivity index (χ3v) is 4.58. The summed E-state index contributed by atoms with van der Waals surface area (Å²) in [5.74, 6) is -0.0664. The smallest absolute Gasteiger partial charge is 0.345 e. The fraction of sp³-hybridized carbons (Fsp3) is 0.667. The van der Waals surface area contributed by atoms with E-state index in [-0.39, 0.29) is 30.0 Å². The summed E-state index contributed by atoms with van der Waals surface area (Å²) in [7, 11) is 0. The van der Waals surface area contributed by atoms with Crippen LogP contribution in [0.3, 0.4) is 0 Å². The first-order valence-corrected chi connectivity index (χ1v) is 9.12. The maximum atomic E-state index is 12.7. The van der Waals surface area contributed by atoms with Crippen molar-refractivity contribution < 1.29 is 14.3 Å². The second-order valence-electron chi connectivity index (χ2n) is 6.60. The highest BCUT2D eigenvalue weighted by Crippen LogP contribution is 2.15. The Balaban J connectivity index is 1.98. The molecule has 2 rings (SSSR count). The molecule has 8 nitrogen and oxygen atoms in total. The van der Waals surface area contributed by atoms with E-state index in [0.29, 0.717) is 44.8 Å². The van der Waals surface area contributed by atoms with Gasteiger partial charge in [0.2, 0.25) is 11.8 Å². The minimum absolute atomic E-state index is 0.00779. The lowest BCUT2D eigenvalue weighted by Gasteiger charge is -2.35. The van der Waals surface area contributed by atoms with E-state index in [1.165, 1.54) is 0 Å². The monoisotopic (exact) mass is 364 g/mol. The highest BCUT2D eigenvalue weighted by Gasteiger charge is 2.29. The molecule has 0 unspecified atom stereocenters. The van der Waals surface area contributed by atoms with Crippen LogP contribution >= 0.6 is 0 Å². The first-order valence-electron chi connectivity index (χ1n) is 9.12. The number of hydrogen-bond acceptors (Lipinski definition) is 5. The Labute approximate surface area is 153 Å². The summed E-state index contributed by atoms with van der Waals surface area (Å²) in [6, 6.07) is -0.232.